The van der Waals surface area contributed by atoms with Gasteiger partial charge < -0.3 is 11.1 Å². The van der Waals surface area contributed by atoms with Gasteiger partial charge in [-0.25, -0.2) is 0 Å². The lowest BCUT2D eigenvalue weighted by Gasteiger charge is -2.21. The van der Waals surface area contributed by atoms with Crippen LogP contribution in [-0.2, 0) is 9.59 Å². The standard InChI is InChI=1S/C18H35N3O3/c1-18(2,3)17(23)15(19)11-7-8-12-16(22)20-13-9-5-6-10-14-21(4)24/h15H,5-14,19H2,1-4H3/p+1. The van der Waals surface area contributed by atoms with Gasteiger partial charge in [-0.05, 0) is 30.4 Å². The van der Waals surface area contributed by atoms with E-state index in [9.17, 15) is 14.5 Å². The summed E-state index contributed by atoms with van der Waals surface area (Å²) in [5.41, 5.74) is 5.50. The summed E-state index contributed by atoms with van der Waals surface area (Å²) in [5, 5.41) is 2.91. The molecule has 0 spiro atoms. The van der Waals surface area contributed by atoms with Crippen LogP contribution >= 0.6 is 0 Å². The molecule has 0 radical (unpaired) electrons. The van der Waals surface area contributed by atoms with E-state index in [0.29, 0.717) is 25.9 Å². The van der Waals surface area contributed by atoms with Crippen molar-refractivity contribution in [1.29, 1.82) is 0 Å². The van der Waals surface area contributed by atoms with Gasteiger partial charge in [0.1, 0.15) is 0 Å². The number of unbranched alkanes of at least 4 members (excludes halogenated alkanes) is 4. The predicted octanol–water partition coefficient (Wildman–Crippen LogP) is 2.57. The van der Waals surface area contributed by atoms with E-state index in [-0.39, 0.29) is 11.7 Å². The van der Waals surface area contributed by atoms with Crippen molar-refractivity contribution in [2.75, 3.05) is 20.1 Å². The van der Waals surface area contributed by atoms with E-state index < -0.39 is 11.5 Å². The first-order valence-corrected chi connectivity index (χ1v) is 9.09. The number of ketones is 1. The molecule has 0 aromatic heterocycles. The minimum Gasteiger partial charge on any atom is -0.356 e. The van der Waals surface area contributed by atoms with E-state index >= 15 is 0 Å². The lowest BCUT2D eigenvalue weighted by atomic mass is 9.85. The number of hydrogen-bond donors (Lipinski definition) is 2. The fraction of sp³-hybridized carbons (Fsp3) is 0.889. The van der Waals surface area contributed by atoms with Gasteiger partial charge in [0.25, 0.3) is 0 Å². The zero-order chi connectivity index (χ0) is 18.6. The molecule has 6 nitrogen and oxygen atoms in total. The Labute approximate surface area is 146 Å². The Hall–Kier alpha value is -1.30. The third kappa shape index (κ3) is 12.2. The summed E-state index contributed by atoms with van der Waals surface area (Å²) in [7, 11) is 1.53. The highest BCUT2D eigenvalue weighted by Gasteiger charge is 2.26. The predicted molar refractivity (Wildman–Crippen MR) is 96.8 cm³/mol. The lowest BCUT2D eigenvalue weighted by molar-refractivity contribution is -0.519. The van der Waals surface area contributed by atoms with Crippen LogP contribution in [0.25, 0.3) is 0 Å². The monoisotopic (exact) mass is 342 g/mol. The van der Waals surface area contributed by atoms with Gasteiger partial charge in [-0.1, -0.05) is 33.6 Å². The van der Waals surface area contributed by atoms with E-state index in [4.69, 9.17) is 5.73 Å². The first-order valence-electron chi connectivity index (χ1n) is 9.09. The molecule has 3 N–H and O–H groups in total. The van der Waals surface area contributed by atoms with Crippen LogP contribution in [0.3, 0.4) is 0 Å². The number of nitrogens with two attached hydrogens (primary N) is 1. The first-order chi connectivity index (χ1) is 11.1. The quantitative estimate of drug-likeness (QED) is 0.397. The molecule has 0 aliphatic carbocycles. The Balaban J connectivity index is 3.57. The molecule has 140 valence electrons. The number of amides is 1. The summed E-state index contributed by atoms with van der Waals surface area (Å²) < 4.78 is 0.947. The van der Waals surface area contributed by atoms with Crippen molar-refractivity contribution >= 4 is 11.7 Å². The number of rotatable bonds is 13. The van der Waals surface area contributed by atoms with E-state index in [0.717, 1.165) is 43.3 Å². The molecule has 0 rings (SSSR count). The highest BCUT2D eigenvalue weighted by atomic mass is 16.3. The van der Waals surface area contributed by atoms with Crippen LogP contribution in [0.2, 0.25) is 0 Å². The molecule has 0 aromatic carbocycles. The number of carbonyl (C=O) groups is 2. The maximum Gasteiger partial charge on any atom is 0.219 e. The van der Waals surface area contributed by atoms with Gasteiger partial charge >= 0.3 is 0 Å². The van der Waals surface area contributed by atoms with E-state index in [2.05, 4.69) is 5.32 Å². The third-order valence-electron chi connectivity index (χ3n) is 3.97. The molecule has 24 heavy (non-hydrogen) atoms. The highest BCUT2D eigenvalue weighted by Crippen LogP contribution is 2.18. The van der Waals surface area contributed by atoms with Gasteiger partial charge in [-0.3, -0.25) is 9.59 Å². The minimum absolute atomic E-state index is 0.0602. The number of carbonyl (C=O) groups excluding carboxylic acids is 2. The van der Waals surface area contributed by atoms with Crippen LogP contribution in [0.5, 0.6) is 0 Å². The molecule has 0 aromatic rings. The Bertz CT molecular complexity index is 403. The second-order valence-corrected chi connectivity index (χ2v) is 7.58. The van der Waals surface area contributed by atoms with Crippen LogP contribution in [0.4, 0.5) is 0 Å². The van der Waals surface area contributed by atoms with Crippen LogP contribution in [0.15, 0.2) is 0 Å². The summed E-state index contributed by atoms with van der Waals surface area (Å²) in [6.07, 6.45) is 6.56. The molecule has 0 bridgehead atoms. The average molecular weight is 343 g/mol. The van der Waals surface area contributed by atoms with Gasteiger partial charge in [0.15, 0.2) is 19.4 Å². The summed E-state index contributed by atoms with van der Waals surface area (Å²) in [6.45, 7) is 6.89. The lowest BCUT2D eigenvalue weighted by Crippen LogP contribution is -2.38. The third-order valence-corrected chi connectivity index (χ3v) is 3.97. The van der Waals surface area contributed by atoms with Crippen LogP contribution in [0.1, 0.15) is 72.1 Å². The maximum atomic E-state index is 12.0. The van der Waals surface area contributed by atoms with Gasteiger partial charge in [0.2, 0.25) is 5.91 Å². The van der Waals surface area contributed by atoms with Crippen molar-refractivity contribution in [3.05, 3.63) is 4.91 Å². The van der Waals surface area contributed by atoms with Crippen LogP contribution in [-0.4, -0.2) is 42.6 Å². The van der Waals surface area contributed by atoms with Crippen molar-refractivity contribution in [2.45, 2.75) is 78.2 Å². The average Bonchev–Trinajstić information content (AvgIpc) is 2.48. The fourth-order valence-electron chi connectivity index (χ4n) is 2.47. The normalized spacial score (nSPS) is 12.7. The Morgan fingerprint density at radius 3 is 2.25 bits per heavy atom. The zero-order valence-electron chi connectivity index (χ0n) is 15.9. The smallest absolute Gasteiger partial charge is 0.219 e. The van der Waals surface area contributed by atoms with E-state index in [1.807, 2.05) is 20.8 Å². The van der Waals surface area contributed by atoms with Crippen LogP contribution in [0, 0.1) is 10.3 Å². The molecule has 1 amide bonds. The Kier molecular flexibility index (Phi) is 11.5. The van der Waals surface area contributed by atoms with Gasteiger partial charge in [-0.2, -0.15) is 0 Å². The first kappa shape index (κ1) is 22.7. The van der Waals surface area contributed by atoms with Gasteiger partial charge in [0.05, 0.1) is 6.04 Å². The highest BCUT2D eigenvalue weighted by molar-refractivity contribution is 5.88. The largest absolute Gasteiger partial charge is 0.356 e. The molecule has 1 atom stereocenters. The number of nitrogens with zero attached hydrogens (tertiary/aromatic N) is 1. The maximum absolute atomic E-state index is 12.0. The van der Waals surface area contributed by atoms with Crippen molar-refractivity contribution in [2.24, 2.45) is 11.1 Å². The molecule has 0 aliphatic heterocycles. The molecule has 1 unspecified atom stereocenters. The van der Waals surface area contributed by atoms with Gasteiger partial charge in [0, 0.05) is 29.7 Å². The molecular formula is C18H36N3O3+. The van der Waals surface area contributed by atoms with Crippen LogP contribution < -0.4 is 11.1 Å². The van der Waals surface area contributed by atoms with Crippen molar-refractivity contribution in [3.8, 4) is 0 Å². The fourth-order valence-corrected chi connectivity index (χ4v) is 2.47. The molecule has 0 saturated heterocycles. The summed E-state index contributed by atoms with van der Waals surface area (Å²) >= 11 is 0. The second kappa shape index (κ2) is 12.1. The molecule has 0 aliphatic rings. The number of nitrogens with one attached hydrogen (secondary N) is 1. The molecule has 0 fully saturated rings. The van der Waals surface area contributed by atoms with E-state index in [1.54, 1.807) is 0 Å². The zero-order valence-corrected chi connectivity index (χ0v) is 15.9. The van der Waals surface area contributed by atoms with E-state index in [1.165, 1.54) is 7.05 Å². The van der Waals surface area contributed by atoms with Crippen molar-refractivity contribution in [1.82, 2.24) is 5.32 Å². The summed E-state index contributed by atoms with van der Waals surface area (Å²) in [6, 6.07) is -0.429. The molecule has 0 heterocycles. The Morgan fingerprint density at radius 2 is 1.67 bits per heavy atom. The van der Waals surface area contributed by atoms with Gasteiger partial charge in [-0.15, -0.1) is 0 Å². The minimum atomic E-state index is -0.429. The SMILES string of the molecule is C[N+](=O)CCCCCCNC(=O)CCCCC(N)C(=O)C(C)(C)C. The summed E-state index contributed by atoms with van der Waals surface area (Å²) in [4.78, 5) is 34.4. The number of Topliss-reactive ketones (excluding diaryl/α,β-unsaturated/α-hetero) is 1. The number of nitroso groups, excluding NO2 is 1. The topological polar surface area (TPSA) is 92.3 Å². The van der Waals surface area contributed by atoms with Crippen molar-refractivity contribution < 1.29 is 14.3 Å². The van der Waals surface area contributed by atoms with Crippen molar-refractivity contribution in [3.63, 3.8) is 0 Å². The molecule has 6 heteroatoms. The molecule has 0 saturated carbocycles. The molecular weight excluding hydrogens is 306 g/mol. The summed E-state index contributed by atoms with van der Waals surface area (Å²) in [5.74, 6) is 0.139. The Morgan fingerprint density at radius 1 is 1.04 bits per heavy atom. The second-order valence-electron chi connectivity index (χ2n) is 7.58. The number of hydrogen-bond acceptors (Lipinski definition) is 4.